The van der Waals surface area contributed by atoms with Gasteiger partial charge in [0.1, 0.15) is 11.5 Å². The summed E-state index contributed by atoms with van der Waals surface area (Å²) >= 11 is 0. The van der Waals surface area contributed by atoms with E-state index in [1.54, 1.807) is 24.3 Å². The molecule has 0 aliphatic carbocycles. The number of hydrogen-bond donors (Lipinski definition) is 2. The summed E-state index contributed by atoms with van der Waals surface area (Å²) in [6.07, 6.45) is 0.868. The molecule has 0 spiro atoms. The minimum absolute atomic E-state index is 0.178. The van der Waals surface area contributed by atoms with Gasteiger partial charge in [0.05, 0.1) is 13.5 Å². The predicted molar refractivity (Wildman–Crippen MR) is 83.9 cm³/mol. The number of methoxy groups -OCH3 is 1. The molecule has 0 aliphatic heterocycles. The number of rotatable bonds is 5. The Morgan fingerprint density at radius 3 is 1.68 bits per heavy atom. The topological polar surface area (TPSA) is 66.8 Å². The van der Waals surface area contributed by atoms with Crippen LogP contribution in [0, 0.1) is 0 Å². The molecule has 0 atom stereocenters. The Morgan fingerprint density at radius 2 is 1.36 bits per heavy atom. The molecule has 0 unspecified atom stereocenters. The Kier molecular flexibility index (Phi) is 4.71. The molecule has 0 saturated heterocycles. The zero-order valence-corrected chi connectivity index (χ0v) is 12.7. The highest BCUT2D eigenvalue weighted by atomic mass is 16.5. The zero-order chi connectivity index (χ0) is 16.2. The molecule has 0 heterocycles. The lowest BCUT2D eigenvalue weighted by atomic mass is 9.70. The number of phenols is 2. The second-order valence-corrected chi connectivity index (χ2v) is 5.28. The number of ether oxygens (including phenoxy) is 1. The van der Waals surface area contributed by atoms with Gasteiger partial charge in [-0.15, -0.1) is 0 Å². The fraction of sp³-hybridized carbons (Fsp3) is 0.278. The summed E-state index contributed by atoms with van der Waals surface area (Å²) in [5.74, 6) is 0.0538. The number of carbonyl (C=O) groups excluding carboxylic acids is 1. The SMILES string of the molecule is CCC(CC(=O)OC)(c1ccc(O)cc1)c1ccc(O)cc1. The maximum Gasteiger partial charge on any atom is 0.306 e. The van der Waals surface area contributed by atoms with Gasteiger partial charge in [-0.05, 0) is 41.8 Å². The molecule has 2 rings (SSSR count). The molecule has 4 heteroatoms. The summed E-state index contributed by atoms with van der Waals surface area (Å²) < 4.78 is 4.86. The van der Waals surface area contributed by atoms with E-state index in [-0.39, 0.29) is 23.9 Å². The van der Waals surface area contributed by atoms with Gasteiger partial charge in [-0.25, -0.2) is 0 Å². The molecule has 2 N–H and O–H groups in total. The second kappa shape index (κ2) is 6.52. The highest BCUT2D eigenvalue weighted by Gasteiger charge is 2.35. The van der Waals surface area contributed by atoms with Crippen molar-refractivity contribution in [2.45, 2.75) is 25.2 Å². The van der Waals surface area contributed by atoms with Crippen LogP contribution in [0.4, 0.5) is 0 Å². The first kappa shape index (κ1) is 15.9. The van der Waals surface area contributed by atoms with Crippen molar-refractivity contribution in [2.75, 3.05) is 7.11 Å². The number of aromatic hydroxyl groups is 2. The molecule has 0 aromatic heterocycles. The van der Waals surface area contributed by atoms with E-state index in [4.69, 9.17) is 4.74 Å². The van der Waals surface area contributed by atoms with Crippen LogP contribution in [-0.2, 0) is 14.9 Å². The first-order chi connectivity index (χ1) is 10.5. The van der Waals surface area contributed by atoms with E-state index in [1.807, 2.05) is 31.2 Å². The van der Waals surface area contributed by atoms with E-state index in [2.05, 4.69) is 0 Å². The molecular weight excluding hydrogens is 280 g/mol. The van der Waals surface area contributed by atoms with Crippen molar-refractivity contribution in [1.29, 1.82) is 0 Å². The van der Waals surface area contributed by atoms with Crippen LogP contribution < -0.4 is 0 Å². The van der Waals surface area contributed by atoms with Gasteiger partial charge in [0.15, 0.2) is 0 Å². The Labute approximate surface area is 130 Å². The summed E-state index contributed by atoms with van der Waals surface area (Å²) in [5, 5.41) is 19.0. The maximum atomic E-state index is 11.9. The van der Waals surface area contributed by atoms with E-state index in [1.165, 1.54) is 7.11 Å². The smallest absolute Gasteiger partial charge is 0.306 e. The van der Waals surface area contributed by atoms with Crippen LogP contribution >= 0.6 is 0 Å². The molecule has 0 saturated carbocycles. The minimum Gasteiger partial charge on any atom is -0.508 e. The normalized spacial score (nSPS) is 11.2. The van der Waals surface area contributed by atoms with E-state index in [0.29, 0.717) is 6.42 Å². The average molecular weight is 300 g/mol. The zero-order valence-electron chi connectivity index (χ0n) is 12.7. The molecule has 116 valence electrons. The Bertz CT molecular complexity index is 584. The molecule has 0 amide bonds. The van der Waals surface area contributed by atoms with Gasteiger partial charge in [-0.3, -0.25) is 4.79 Å². The highest BCUT2D eigenvalue weighted by molar-refractivity contribution is 5.72. The van der Waals surface area contributed by atoms with Crippen molar-refractivity contribution in [3.8, 4) is 11.5 Å². The summed E-state index contributed by atoms with van der Waals surface area (Å²) in [7, 11) is 1.37. The van der Waals surface area contributed by atoms with Crippen molar-refractivity contribution < 1.29 is 19.7 Å². The molecule has 4 nitrogen and oxygen atoms in total. The Hall–Kier alpha value is -2.49. The van der Waals surface area contributed by atoms with E-state index >= 15 is 0 Å². The molecule has 0 radical (unpaired) electrons. The van der Waals surface area contributed by atoms with Crippen LogP contribution in [0.25, 0.3) is 0 Å². The summed E-state index contributed by atoms with van der Waals surface area (Å²) in [5.41, 5.74) is 1.28. The van der Waals surface area contributed by atoms with Crippen LogP contribution in [0.15, 0.2) is 48.5 Å². The summed E-state index contributed by atoms with van der Waals surface area (Å²) in [4.78, 5) is 11.9. The van der Waals surface area contributed by atoms with Gasteiger partial charge in [0.2, 0.25) is 0 Å². The number of esters is 1. The first-order valence-electron chi connectivity index (χ1n) is 7.17. The molecule has 2 aromatic carbocycles. The minimum atomic E-state index is -0.561. The van der Waals surface area contributed by atoms with Crippen molar-refractivity contribution in [1.82, 2.24) is 0 Å². The number of hydrogen-bond acceptors (Lipinski definition) is 4. The standard InChI is InChI=1S/C18H20O4/c1-3-18(12-17(21)22-2,13-4-8-15(19)9-5-13)14-6-10-16(20)11-7-14/h4-11,19-20H,3,12H2,1-2H3. The monoisotopic (exact) mass is 300 g/mol. The highest BCUT2D eigenvalue weighted by Crippen LogP contribution is 2.40. The molecule has 0 fully saturated rings. The summed E-state index contributed by atoms with van der Waals surface area (Å²) in [6.45, 7) is 2.00. The van der Waals surface area contributed by atoms with Crippen molar-refractivity contribution in [2.24, 2.45) is 0 Å². The molecule has 0 bridgehead atoms. The van der Waals surface area contributed by atoms with Crippen LogP contribution in [0.3, 0.4) is 0 Å². The van der Waals surface area contributed by atoms with E-state index < -0.39 is 5.41 Å². The van der Waals surface area contributed by atoms with Crippen LogP contribution in [0.5, 0.6) is 11.5 Å². The molecular formula is C18H20O4. The lowest BCUT2D eigenvalue weighted by Gasteiger charge is -2.33. The Morgan fingerprint density at radius 1 is 0.955 bits per heavy atom. The molecule has 0 aliphatic rings. The summed E-state index contributed by atoms with van der Waals surface area (Å²) in [6, 6.07) is 13.7. The third kappa shape index (κ3) is 3.06. The molecule has 2 aromatic rings. The van der Waals surface area contributed by atoms with Gasteiger partial charge in [-0.1, -0.05) is 31.2 Å². The van der Waals surface area contributed by atoms with Gasteiger partial charge in [0.25, 0.3) is 0 Å². The first-order valence-corrected chi connectivity index (χ1v) is 7.17. The van der Waals surface area contributed by atoms with Crippen LogP contribution in [0.2, 0.25) is 0 Å². The predicted octanol–water partition coefficient (Wildman–Crippen LogP) is 3.36. The van der Waals surface area contributed by atoms with Crippen molar-refractivity contribution >= 4 is 5.97 Å². The van der Waals surface area contributed by atoms with Gasteiger partial charge in [0, 0.05) is 5.41 Å². The largest absolute Gasteiger partial charge is 0.508 e. The number of benzene rings is 2. The fourth-order valence-corrected chi connectivity index (χ4v) is 2.78. The van der Waals surface area contributed by atoms with E-state index in [9.17, 15) is 15.0 Å². The lowest BCUT2D eigenvalue weighted by molar-refractivity contribution is -0.141. The van der Waals surface area contributed by atoms with Crippen molar-refractivity contribution in [3.63, 3.8) is 0 Å². The second-order valence-electron chi connectivity index (χ2n) is 5.28. The lowest BCUT2D eigenvalue weighted by Crippen LogP contribution is -2.30. The van der Waals surface area contributed by atoms with Gasteiger partial charge < -0.3 is 14.9 Å². The third-order valence-corrected chi connectivity index (χ3v) is 4.12. The van der Waals surface area contributed by atoms with Gasteiger partial charge in [-0.2, -0.15) is 0 Å². The average Bonchev–Trinajstić information content (AvgIpc) is 2.54. The number of phenolic OH excluding ortho intramolecular Hbond substituents is 2. The quantitative estimate of drug-likeness (QED) is 0.831. The maximum absolute atomic E-state index is 11.9. The Balaban J connectivity index is 2.57. The third-order valence-electron chi connectivity index (χ3n) is 4.12. The van der Waals surface area contributed by atoms with Gasteiger partial charge >= 0.3 is 5.97 Å². The van der Waals surface area contributed by atoms with Crippen LogP contribution in [0.1, 0.15) is 30.9 Å². The van der Waals surface area contributed by atoms with Crippen LogP contribution in [-0.4, -0.2) is 23.3 Å². The van der Waals surface area contributed by atoms with Crippen molar-refractivity contribution in [3.05, 3.63) is 59.7 Å². The molecule has 22 heavy (non-hydrogen) atoms. The fourth-order valence-electron chi connectivity index (χ4n) is 2.78. The van der Waals surface area contributed by atoms with E-state index in [0.717, 1.165) is 11.1 Å². The number of carbonyl (C=O) groups is 1.